The molecule has 9 nitrogen and oxygen atoms in total. The molecule has 3 rings (SSSR count). The summed E-state index contributed by atoms with van der Waals surface area (Å²) >= 11 is 0. The van der Waals surface area contributed by atoms with Gasteiger partial charge in [-0.25, -0.2) is 9.59 Å². The molecule has 1 aromatic heterocycles. The molecule has 2 aromatic carbocycles. The summed E-state index contributed by atoms with van der Waals surface area (Å²) in [5.74, 6) is -0.544. The number of benzene rings is 2. The first-order valence-electron chi connectivity index (χ1n) is 12.2. The fraction of sp³-hybridized carbons (Fsp3) is 0.407. The molecule has 192 valence electrons. The second-order valence-electron chi connectivity index (χ2n) is 8.51. The Morgan fingerprint density at radius 3 is 2.39 bits per heavy atom. The van der Waals surface area contributed by atoms with E-state index in [4.69, 9.17) is 14.2 Å². The maximum atomic E-state index is 12.3. The Kier molecular flexibility index (Phi) is 9.85. The lowest BCUT2D eigenvalue weighted by Gasteiger charge is -2.08. The maximum Gasteiger partial charge on any atom is 0.338 e. The predicted molar refractivity (Wildman–Crippen MR) is 135 cm³/mol. The lowest BCUT2D eigenvalue weighted by molar-refractivity contribution is -0.140. The molecule has 0 bridgehead atoms. The maximum absolute atomic E-state index is 12.3. The van der Waals surface area contributed by atoms with E-state index < -0.39 is 11.9 Å². The quantitative estimate of drug-likeness (QED) is 0.186. The first kappa shape index (κ1) is 26.7. The van der Waals surface area contributed by atoms with Crippen molar-refractivity contribution in [2.75, 3.05) is 19.8 Å². The van der Waals surface area contributed by atoms with Gasteiger partial charge in [0.05, 0.1) is 12.2 Å². The van der Waals surface area contributed by atoms with E-state index in [0.717, 1.165) is 12.8 Å². The van der Waals surface area contributed by atoms with Gasteiger partial charge in [0.2, 0.25) is 0 Å². The number of hydrogen-bond donors (Lipinski definition) is 1. The molecule has 0 saturated heterocycles. The zero-order chi connectivity index (χ0) is 25.9. The van der Waals surface area contributed by atoms with Crippen molar-refractivity contribution in [1.29, 1.82) is 0 Å². The number of carbonyl (C=O) groups is 2. The van der Waals surface area contributed by atoms with Crippen LogP contribution in [0.15, 0.2) is 48.6 Å². The van der Waals surface area contributed by atoms with Crippen LogP contribution < -0.4 is 4.74 Å². The predicted octanol–water partition coefficient (Wildman–Crippen LogP) is 5.14. The minimum Gasteiger partial charge on any atom is -0.505 e. The molecule has 1 N–H and O–H groups in total. The van der Waals surface area contributed by atoms with Gasteiger partial charge in [0.15, 0.2) is 0 Å². The molecule has 0 unspecified atom stereocenters. The van der Waals surface area contributed by atoms with Gasteiger partial charge in [-0.3, -0.25) is 0 Å². The van der Waals surface area contributed by atoms with Gasteiger partial charge in [-0.2, -0.15) is 0 Å². The SMILES string of the molecule is C=C(C)C(=O)OCCOC(=O)c1ccc2nn(-c3ccc(OCCCCCCCC)cc3O)nc2c1. The second kappa shape index (κ2) is 13.3. The number of phenolic OH excluding ortho intramolecular Hbond substituents is 1. The van der Waals surface area contributed by atoms with E-state index >= 15 is 0 Å². The third-order valence-electron chi connectivity index (χ3n) is 5.44. The normalized spacial score (nSPS) is 10.8. The zero-order valence-electron chi connectivity index (χ0n) is 20.9. The molecule has 0 aliphatic carbocycles. The second-order valence-corrected chi connectivity index (χ2v) is 8.51. The first-order valence-corrected chi connectivity index (χ1v) is 12.2. The van der Waals surface area contributed by atoms with Gasteiger partial charge in [0.1, 0.15) is 41.4 Å². The molecule has 3 aromatic rings. The minimum atomic E-state index is -0.576. The molecular weight excluding hydrogens is 462 g/mol. The van der Waals surface area contributed by atoms with Crippen molar-refractivity contribution in [1.82, 2.24) is 15.0 Å². The van der Waals surface area contributed by atoms with E-state index in [1.807, 2.05) is 0 Å². The number of ether oxygens (including phenoxy) is 3. The highest BCUT2D eigenvalue weighted by atomic mass is 16.6. The summed E-state index contributed by atoms with van der Waals surface area (Å²) in [5, 5.41) is 19.3. The van der Waals surface area contributed by atoms with E-state index in [2.05, 4.69) is 23.7 Å². The number of phenols is 1. The van der Waals surface area contributed by atoms with Crippen molar-refractivity contribution in [3.8, 4) is 17.2 Å². The van der Waals surface area contributed by atoms with Crippen molar-refractivity contribution >= 4 is 23.0 Å². The third-order valence-corrected chi connectivity index (χ3v) is 5.44. The number of fused-ring (bicyclic) bond motifs is 1. The standard InChI is InChI=1S/C27H33N3O6/c1-4-5-6-7-8-9-14-34-21-11-13-24(25(31)18-21)30-28-22-12-10-20(17-23(22)29-30)27(33)36-16-15-35-26(32)19(2)3/h10-13,17-18,31H,2,4-9,14-16H2,1,3H3. The van der Waals surface area contributed by atoms with Gasteiger partial charge in [-0.1, -0.05) is 45.6 Å². The highest BCUT2D eigenvalue weighted by molar-refractivity contribution is 5.93. The fourth-order valence-corrected chi connectivity index (χ4v) is 3.46. The third kappa shape index (κ3) is 7.56. The molecule has 0 amide bonds. The van der Waals surface area contributed by atoms with E-state index in [1.165, 1.54) is 37.4 Å². The van der Waals surface area contributed by atoms with Crippen LogP contribution in [0, 0.1) is 0 Å². The largest absolute Gasteiger partial charge is 0.505 e. The molecule has 9 heteroatoms. The topological polar surface area (TPSA) is 113 Å². The van der Waals surface area contributed by atoms with E-state index in [9.17, 15) is 14.7 Å². The Morgan fingerprint density at radius 2 is 1.64 bits per heavy atom. The monoisotopic (exact) mass is 495 g/mol. The summed E-state index contributed by atoms with van der Waals surface area (Å²) in [6.45, 7) is 7.68. The van der Waals surface area contributed by atoms with Crippen molar-refractivity contribution < 1.29 is 28.9 Å². The minimum absolute atomic E-state index is 0.0142. The van der Waals surface area contributed by atoms with Crippen LogP contribution >= 0.6 is 0 Å². The molecule has 0 aliphatic rings. The number of nitrogens with zero attached hydrogens (tertiary/aromatic N) is 3. The van der Waals surface area contributed by atoms with Crippen LogP contribution in [0.3, 0.4) is 0 Å². The van der Waals surface area contributed by atoms with Gasteiger partial charge in [-0.15, -0.1) is 15.0 Å². The van der Waals surface area contributed by atoms with Crippen LogP contribution in [0.4, 0.5) is 0 Å². The number of aromatic nitrogens is 3. The van der Waals surface area contributed by atoms with Gasteiger partial charge in [0.25, 0.3) is 0 Å². The van der Waals surface area contributed by atoms with Crippen LogP contribution in [0.1, 0.15) is 62.7 Å². The summed E-state index contributed by atoms with van der Waals surface area (Å²) in [6.07, 6.45) is 7.07. The Hall–Kier alpha value is -3.88. The van der Waals surface area contributed by atoms with E-state index in [1.54, 1.807) is 36.4 Å². The van der Waals surface area contributed by atoms with Crippen LogP contribution in [-0.2, 0) is 14.3 Å². The van der Waals surface area contributed by atoms with E-state index in [0.29, 0.717) is 29.1 Å². The van der Waals surface area contributed by atoms with Crippen LogP contribution in [0.5, 0.6) is 11.5 Å². The number of aromatic hydroxyl groups is 1. The molecule has 0 spiro atoms. The molecular formula is C27H33N3O6. The van der Waals surface area contributed by atoms with Crippen molar-refractivity contribution in [3.63, 3.8) is 0 Å². The van der Waals surface area contributed by atoms with E-state index in [-0.39, 0.29) is 30.1 Å². The molecule has 0 radical (unpaired) electrons. The summed E-state index contributed by atoms with van der Waals surface area (Å²) in [4.78, 5) is 25.0. The van der Waals surface area contributed by atoms with Crippen molar-refractivity contribution in [2.24, 2.45) is 0 Å². The highest BCUT2D eigenvalue weighted by Gasteiger charge is 2.14. The van der Waals surface area contributed by atoms with Gasteiger partial charge in [0, 0.05) is 11.6 Å². The summed E-state index contributed by atoms with van der Waals surface area (Å²) < 4.78 is 15.8. The van der Waals surface area contributed by atoms with Crippen LogP contribution in [0.2, 0.25) is 0 Å². The Labute approximate surface area is 210 Å². The zero-order valence-corrected chi connectivity index (χ0v) is 20.9. The lowest BCUT2D eigenvalue weighted by atomic mass is 10.1. The van der Waals surface area contributed by atoms with Crippen LogP contribution in [0.25, 0.3) is 16.7 Å². The highest BCUT2D eigenvalue weighted by Crippen LogP contribution is 2.27. The number of hydrogen-bond acceptors (Lipinski definition) is 8. The Balaban J connectivity index is 1.57. The fourth-order valence-electron chi connectivity index (χ4n) is 3.46. The van der Waals surface area contributed by atoms with Crippen molar-refractivity contribution in [3.05, 3.63) is 54.1 Å². The Morgan fingerprint density at radius 1 is 0.917 bits per heavy atom. The number of carbonyl (C=O) groups excluding carboxylic acids is 2. The molecule has 0 atom stereocenters. The lowest BCUT2D eigenvalue weighted by Crippen LogP contribution is -2.14. The van der Waals surface area contributed by atoms with Crippen LogP contribution in [-0.4, -0.2) is 51.9 Å². The van der Waals surface area contributed by atoms with Gasteiger partial charge in [-0.05, 0) is 43.7 Å². The molecule has 0 aliphatic heterocycles. The summed E-state index contributed by atoms with van der Waals surface area (Å²) in [5.41, 5.74) is 1.95. The number of esters is 2. The smallest absolute Gasteiger partial charge is 0.338 e. The molecule has 0 fully saturated rings. The number of rotatable bonds is 14. The number of unbranched alkanes of at least 4 members (excludes halogenated alkanes) is 5. The van der Waals surface area contributed by atoms with Gasteiger partial charge < -0.3 is 19.3 Å². The average Bonchev–Trinajstić information content (AvgIpc) is 3.28. The molecule has 36 heavy (non-hydrogen) atoms. The Bertz CT molecular complexity index is 1200. The molecule has 0 saturated carbocycles. The van der Waals surface area contributed by atoms with Gasteiger partial charge >= 0.3 is 11.9 Å². The summed E-state index contributed by atoms with van der Waals surface area (Å²) in [6, 6.07) is 9.77. The molecule has 1 heterocycles. The first-order chi connectivity index (χ1) is 17.4. The summed E-state index contributed by atoms with van der Waals surface area (Å²) in [7, 11) is 0. The average molecular weight is 496 g/mol. The van der Waals surface area contributed by atoms with Crippen molar-refractivity contribution in [2.45, 2.75) is 52.4 Å².